The Balaban J connectivity index is 2.57. The van der Waals surface area contributed by atoms with Crippen LogP contribution >= 0.6 is 58.6 Å². The summed E-state index contributed by atoms with van der Waals surface area (Å²) in [5, 5.41) is 9.16. The van der Waals surface area contributed by atoms with Crippen molar-refractivity contribution in [3.05, 3.63) is 29.3 Å². The van der Waals surface area contributed by atoms with E-state index in [1.54, 1.807) is 24.3 Å². The maximum atomic E-state index is 12.0. The number of nitrogens with one attached hydrogen (secondary N) is 3. The summed E-state index contributed by atoms with van der Waals surface area (Å²) < 4.78 is -1.76. The van der Waals surface area contributed by atoms with Gasteiger partial charge in [0.25, 0.3) is 0 Å². The first kappa shape index (κ1) is 22.6. The zero-order valence-electron chi connectivity index (χ0n) is 13.8. The molecule has 0 heterocycles. The molecule has 0 spiro atoms. The van der Waals surface area contributed by atoms with E-state index in [1.807, 2.05) is 0 Å². The number of anilines is 1. The van der Waals surface area contributed by atoms with Crippen molar-refractivity contribution in [2.75, 3.05) is 5.32 Å². The second-order valence-electron chi connectivity index (χ2n) is 5.46. The average molecular weight is 445 g/mol. The van der Waals surface area contributed by atoms with Crippen LogP contribution in [-0.2, 0) is 4.79 Å². The average Bonchev–Trinajstić information content (AvgIpc) is 2.50. The number of hydrogen-bond acceptors (Lipinski definition) is 2. The van der Waals surface area contributed by atoms with Crippen LogP contribution < -0.4 is 16.0 Å². The molecule has 0 aliphatic heterocycles. The molecule has 0 saturated carbocycles. The topological polar surface area (TPSA) is 53.2 Å². The van der Waals surface area contributed by atoms with Crippen molar-refractivity contribution in [2.24, 2.45) is 0 Å². The van der Waals surface area contributed by atoms with Crippen molar-refractivity contribution < 1.29 is 4.79 Å². The van der Waals surface area contributed by atoms with Crippen LogP contribution in [-0.4, -0.2) is 21.0 Å². The second-order valence-corrected chi connectivity index (χ2v) is 8.68. The van der Waals surface area contributed by atoms with Gasteiger partial charge >= 0.3 is 0 Å². The van der Waals surface area contributed by atoms with Gasteiger partial charge in [-0.05, 0) is 36.8 Å². The Morgan fingerprint density at radius 2 is 1.92 bits per heavy atom. The minimum Gasteiger partial charge on any atom is -0.339 e. The Morgan fingerprint density at radius 1 is 1.20 bits per heavy atom. The number of rotatable bonds is 8. The quantitative estimate of drug-likeness (QED) is 0.217. The lowest BCUT2D eigenvalue weighted by Gasteiger charge is -2.27. The first-order chi connectivity index (χ1) is 11.7. The van der Waals surface area contributed by atoms with Gasteiger partial charge in [-0.25, -0.2) is 0 Å². The highest BCUT2D eigenvalue weighted by molar-refractivity contribution is 7.80. The van der Waals surface area contributed by atoms with Crippen LogP contribution in [0.3, 0.4) is 0 Å². The Labute approximate surface area is 173 Å². The van der Waals surface area contributed by atoms with Crippen molar-refractivity contribution in [3.8, 4) is 0 Å². The molecule has 9 heteroatoms. The van der Waals surface area contributed by atoms with Crippen molar-refractivity contribution in [2.45, 2.75) is 49.0 Å². The Kier molecular flexibility index (Phi) is 10.2. The maximum absolute atomic E-state index is 12.0. The standard InChI is InChI=1S/C16H21Cl4N3OS/c1-2-3-4-5-9-13(24)22-14(16(18,19)20)23-15(25)21-12-8-6-7-11(17)10-12/h6-8,10,14H,2-5,9H2,1H3,(H,22,24)(H2,21,23,25)/t14-/m1/s1. The number of halogens is 4. The number of carbonyl (C=O) groups excluding carboxylic acids is 1. The van der Waals surface area contributed by atoms with Crippen molar-refractivity contribution >= 4 is 75.3 Å². The largest absolute Gasteiger partial charge is 0.339 e. The van der Waals surface area contributed by atoms with Gasteiger partial charge in [0.05, 0.1) is 0 Å². The molecule has 0 bridgehead atoms. The van der Waals surface area contributed by atoms with Gasteiger partial charge in [0.2, 0.25) is 9.70 Å². The van der Waals surface area contributed by atoms with Gasteiger partial charge in [-0.2, -0.15) is 0 Å². The number of alkyl halides is 3. The fourth-order valence-electron chi connectivity index (χ4n) is 2.01. The Morgan fingerprint density at radius 3 is 2.52 bits per heavy atom. The van der Waals surface area contributed by atoms with Gasteiger partial charge in [0, 0.05) is 17.1 Å². The van der Waals surface area contributed by atoms with E-state index in [2.05, 4.69) is 22.9 Å². The number of carbonyl (C=O) groups is 1. The van der Waals surface area contributed by atoms with Gasteiger partial charge in [-0.3, -0.25) is 4.79 Å². The summed E-state index contributed by atoms with van der Waals surface area (Å²) in [7, 11) is 0. The molecule has 1 atom stereocenters. The second kappa shape index (κ2) is 11.3. The van der Waals surface area contributed by atoms with E-state index in [-0.39, 0.29) is 11.0 Å². The summed E-state index contributed by atoms with van der Waals surface area (Å²) in [5.74, 6) is -0.203. The van der Waals surface area contributed by atoms with Crippen molar-refractivity contribution in [1.82, 2.24) is 10.6 Å². The van der Waals surface area contributed by atoms with Crippen molar-refractivity contribution in [1.29, 1.82) is 0 Å². The first-order valence-corrected chi connectivity index (χ1v) is 9.83. The summed E-state index contributed by atoms with van der Waals surface area (Å²) >= 11 is 29.0. The van der Waals surface area contributed by atoms with E-state index in [0.717, 1.165) is 25.7 Å². The molecule has 0 aliphatic carbocycles. The lowest BCUT2D eigenvalue weighted by Crippen LogP contribution is -2.56. The lowest BCUT2D eigenvalue weighted by atomic mass is 10.1. The number of unbranched alkanes of at least 4 members (excludes halogenated alkanes) is 3. The van der Waals surface area contributed by atoms with Gasteiger partial charge in [0.15, 0.2) is 5.11 Å². The van der Waals surface area contributed by atoms with Crippen LogP contribution in [0.5, 0.6) is 0 Å². The van der Waals surface area contributed by atoms with Gasteiger partial charge in [0.1, 0.15) is 6.17 Å². The highest BCUT2D eigenvalue weighted by Crippen LogP contribution is 2.29. The molecule has 140 valence electrons. The third-order valence-electron chi connectivity index (χ3n) is 3.25. The summed E-state index contributed by atoms with van der Waals surface area (Å²) in [4.78, 5) is 12.0. The molecule has 25 heavy (non-hydrogen) atoms. The predicted octanol–water partition coefficient (Wildman–Crippen LogP) is 5.41. The van der Waals surface area contributed by atoms with Crippen LogP contribution in [0, 0.1) is 0 Å². The van der Waals surface area contributed by atoms with Crippen LogP contribution in [0.25, 0.3) is 0 Å². The highest BCUT2D eigenvalue weighted by atomic mass is 35.6. The third-order valence-corrected chi connectivity index (χ3v) is 4.36. The smallest absolute Gasteiger partial charge is 0.228 e. The zero-order valence-corrected chi connectivity index (χ0v) is 17.6. The fraction of sp³-hybridized carbons (Fsp3) is 0.500. The highest BCUT2D eigenvalue weighted by Gasteiger charge is 2.34. The van der Waals surface area contributed by atoms with Crippen LogP contribution in [0.1, 0.15) is 39.0 Å². The lowest BCUT2D eigenvalue weighted by molar-refractivity contribution is -0.122. The Hall–Kier alpha value is -0.460. The molecular weight excluding hydrogens is 424 g/mol. The van der Waals surface area contributed by atoms with Gasteiger partial charge in [-0.1, -0.05) is 78.7 Å². The fourth-order valence-corrected chi connectivity index (χ4v) is 2.76. The molecule has 0 unspecified atom stereocenters. The predicted molar refractivity (Wildman–Crippen MR) is 112 cm³/mol. The molecule has 4 nitrogen and oxygen atoms in total. The van der Waals surface area contributed by atoms with Gasteiger partial charge < -0.3 is 16.0 Å². The van der Waals surface area contributed by atoms with E-state index in [0.29, 0.717) is 17.1 Å². The minimum absolute atomic E-state index is 0.199. The van der Waals surface area contributed by atoms with E-state index < -0.39 is 9.96 Å². The van der Waals surface area contributed by atoms with Crippen LogP contribution in [0.4, 0.5) is 5.69 Å². The summed E-state index contributed by atoms with van der Waals surface area (Å²) in [6.07, 6.45) is 3.38. The summed E-state index contributed by atoms with van der Waals surface area (Å²) in [5.41, 5.74) is 0.680. The van der Waals surface area contributed by atoms with E-state index in [1.165, 1.54) is 0 Å². The monoisotopic (exact) mass is 443 g/mol. The molecule has 3 N–H and O–H groups in total. The van der Waals surface area contributed by atoms with E-state index >= 15 is 0 Å². The first-order valence-electron chi connectivity index (χ1n) is 7.91. The summed E-state index contributed by atoms with van der Waals surface area (Å²) in [6.45, 7) is 2.11. The van der Waals surface area contributed by atoms with E-state index in [9.17, 15) is 4.79 Å². The number of amides is 1. The number of hydrogen-bond donors (Lipinski definition) is 3. The molecule has 1 amide bonds. The zero-order chi connectivity index (χ0) is 18.9. The third kappa shape index (κ3) is 9.71. The molecule has 0 aliphatic rings. The molecule has 0 radical (unpaired) electrons. The molecular formula is C16H21Cl4N3OS. The molecule has 0 saturated heterocycles. The van der Waals surface area contributed by atoms with Crippen molar-refractivity contribution in [3.63, 3.8) is 0 Å². The number of benzene rings is 1. The molecule has 1 aromatic carbocycles. The molecule has 1 rings (SSSR count). The van der Waals surface area contributed by atoms with E-state index in [4.69, 9.17) is 58.6 Å². The summed E-state index contributed by atoms with van der Waals surface area (Å²) in [6, 6.07) is 7.01. The normalized spacial score (nSPS) is 12.4. The Bertz CT molecular complexity index is 581. The van der Waals surface area contributed by atoms with Crippen LogP contribution in [0.15, 0.2) is 24.3 Å². The number of thiocarbonyl (C=S) groups is 1. The van der Waals surface area contributed by atoms with Gasteiger partial charge in [-0.15, -0.1) is 0 Å². The molecule has 0 aromatic heterocycles. The molecule has 0 fully saturated rings. The SMILES string of the molecule is CCCCCCC(=O)N[C@H](NC(=S)Nc1cccc(Cl)c1)C(Cl)(Cl)Cl. The maximum Gasteiger partial charge on any atom is 0.228 e. The molecule has 1 aromatic rings. The van der Waals surface area contributed by atoms with Crippen LogP contribution in [0.2, 0.25) is 5.02 Å². The minimum atomic E-state index is -1.76.